The molecule has 3 aromatic rings. The number of para-hydroxylation sites is 3. The molecule has 6 heteroatoms. The zero-order chi connectivity index (χ0) is 19.1. The molecule has 0 amide bonds. The highest BCUT2D eigenvalue weighted by Gasteiger charge is 2.43. The summed E-state index contributed by atoms with van der Waals surface area (Å²) in [7, 11) is 0. The maximum Gasteiger partial charge on any atom is 0.186 e. The van der Waals surface area contributed by atoms with Crippen molar-refractivity contribution < 1.29 is 9.47 Å². The zero-order valence-electron chi connectivity index (χ0n) is 16.0. The van der Waals surface area contributed by atoms with Gasteiger partial charge in [0.05, 0.1) is 15.8 Å². The fourth-order valence-corrected chi connectivity index (χ4v) is 5.29. The third-order valence-corrected chi connectivity index (χ3v) is 7.23. The zero-order valence-corrected chi connectivity index (χ0v) is 16.8. The van der Waals surface area contributed by atoms with E-state index in [0.29, 0.717) is 12.5 Å². The Morgan fingerprint density at radius 1 is 1.07 bits per heavy atom. The molecule has 1 fully saturated rings. The number of piperidine rings is 1. The molecule has 2 atom stereocenters. The van der Waals surface area contributed by atoms with Gasteiger partial charge in [-0.15, -0.1) is 0 Å². The summed E-state index contributed by atoms with van der Waals surface area (Å²) in [5.74, 6) is 1.99. The minimum Gasteiger partial charge on any atom is -0.486 e. The highest BCUT2D eigenvalue weighted by atomic mass is 32.1. The number of ether oxygens (including phenoxy) is 2. The van der Waals surface area contributed by atoms with Gasteiger partial charge in [-0.3, -0.25) is 0 Å². The highest BCUT2D eigenvalue weighted by molar-refractivity contribution is 7.22. The summed E-state index contributed by atoms with van der Waals surface area (Å²) < 4.78 is 13.4. The molecule has 1 saturated heterocycles. The summed E-state index contributed by atoms with van der Waals surface area (Å²) in [6.45, 7) is 4.57. The second-order valence-corrected chi connectivity index (χ2v) is 8.96. The Balaban J connectivity index is 1.27. The molecule has 3 heterocycles. The van der Waals surface area contributed by atoms with Crippen molar-refractivity contribution in [1.82, 2.24) is 4.98 Å². The van der Waals surface area contributed by atoms with E-state index in [1.54, 1.807) is 11.3 Å². The van der Waals surface area contributed by atoms with Crippen molar-refractivity contribution in [3.05, 3.63) is 48.5 Å². The fraction of sp³-hybridized carbons (Fsp3) is 0.409. The van der Waals surface area contributed by atoms with E-state index in [9.17, 15) is 0 Å². The Labute approximate surface area is 169 Å². The van der Waals surface area contributed by atoms with Gasteiger partial charge in [0.2, 0.25) is 0 Å². The van der Waals surface area contributed by atoms with E-state index in [2.05, 4.69) is 30.0 Å². The second kappa shape index (κ2) is 6.94. The lowest BCUT2D eigenvalue weighted by Crippen LogP contribution is -2.61. The van der Waals surface area contributed by atoms with E-state index >= 15 is 0 Å². The van der Waals surface area contributed by atoms with Gasteiger partial charge in [-0.1, -0.05) is 35.6 Å². The summed E-state index contributed by atoms with van der Waals surface area (Å²) >= 11 is 1.77. The van der Waals surface area contributed by atoms with Gasteiger partial charge in [-0.25, -0.2) is 4.98 Å². The first-order valence-corrected chi connectivity index (χ1v) is 10.7. The van der Waals surface area contributed by atoms with E-state index in [1.165, 1.54) is 4.70 Å². The number of fused-ring (bicyclic) bond motifs is 2. The van der Waals surface area contributed by atoms with Crippen LogP contribution >= 0.6 is 11.3 Å². The maximum atomic E-state index is 6.83. The minimum atomic E-state index is -0.437. The molecule has 5 rings (SSSR count). The van der Waals surface area contributed by atoms with Crippen LogP contribution in [0.1, 0.15) is 19.8 Å². The maximum absolute atomic E-state index is 6.83. The predicted octanol–water partition coefficient (Wildman–Crippen LogP) is 4.07. The fourth-order valence-electron chi connectivity index (χ4n) is 4.28. The van der Waals surface area contributed by atoms with Crippen LogP contribution in [0.25, 0.3) is 10.2 Å². The molecule has 2 N–H and O–H groups in total. The number of nitrogens with zero attached hydrogens (tertiary/aromatic N) is 2. The number of anilines is 1. The number of hydrogen-bond acceptors (Lipinski definition) is 6. The third kappa shape index (κ3) is 3.10. The van der Waals surface area contributed by atoms with Crippen molar-refractivity contribution in [3.63, 3.8) is 0 Å². The van der Waals surface area contributed by atoms with Crippen LogP contribution in [-0.2, 0) is 0 Å². The van der Waals surface area contributed by atoms with E-state index in [-0.39, 0.29) is 6.10 Å². The first-order chi connectivity index (χ1) is 13.6. The lowest BCUT2D eigenvalue weighted by Gasteiger charge is -2.45. The van der Waals surface area contributed by atoms with E-state index in [1.807, 2.05) is 30.3 Å². The molecule has 0 saturated carbocycles. The topological polar surface area (TPSA) is 60.6 Å². The Morgan fingerprint density at radius 2 is 1.79 bits per heavy atom. The first kappa shape index (κ1) is 17.8. The molecule has 2 aliphatic heterocycles. The van der Waals surface area contributed by atoms with Crippen molar-refractivity contribution in [2.45, 2.75) is 31.4 Å². The van der Waals surface area contributed by atoms with Gasteiger partial charge in [-0.05, 0) is 49.9 Å². The largest absolute Gasteiger partial charge is 0.486 e. The van der Waals surface area contributed by atoms with Gasteiger partial charge in [0.25, 0.3) is 0 Å². The van der Waals surface area contributed by atoms with E-state index in [0.717, 1.165) is 48.1 Å². The Hall–Kier alpha value is -2.31. The number of benzene rings is 2. The smallest absolute Gasteiger partial charge is 0.186 e. The standard InChI is InChI=1S/C22H25N3O2S/c1-22(23,20-14-26-17-7-3-4-8-18(17)27-20)15-10-12-25(13-11-15)21-24-16-6-2-5-9-19(16)28-21/h2-9,15,20H,10-14,23H2,1H3. The Bertz CT molecular complexity index is 946. The number of nitrogens with two attached hydrogens (primary N) is 1. The number of rotatable bonds is 3. The van der Waals surface area contributed by atoms with Crippen LogP contribution in [0, 0.1) is 5.92 Å². The van der Waals surface area contributed by atoms with Gasteiger partial charge in [0, 0.05) is 13.1 Å². The SMILES string of the molecule is CC(N)(C1CCN(c2nc3ccccc3s2)CC1)C1COc2ccccc2O1. The molecule has 2 unspecified atom stereocenters. The van der Waals surface area contributed by atoms with Crippen LogP contribution in [0.15, 0.2) is 48.5 Å². The molecule has 28 heavy (non-hydrogen) atoms. The summed E-state index contributed by atoms with van der Waals surface area (Å²) in [6.07, 6.45) is 1.93. The van der Waals surface area contributed by atoms with Crippen LogP contribution in [0.5, 0.6) is 11.5 Å². The normalized spacial score (nSPS) is 22.2. The Kier molecular flexibility index (Phi) is 4.40. The molecule has 2 aliphatic rings. The average Bonchev–Trinajstić information content (AvgIpc) is 3.18. The Morgan fingerprint density at radius 3 is 2.57 bits per heavy atom. The van der Waals surface area contributed by atoms with Crippen LogP contribution in [0.4, 0.5) is 5.13 Å². The molecule has 0 spiro atoms. The summed E-state index contributed by atoms with van der Waals surface area (Å²) in [4.78, 5) is 7.20. The number of thiazole rings is 1. The van der Waals surface area contributed by atoms with Gasteiger partial charge < -0.3 is 20.1 Å². The van der Waals surface area contributed by atoms with Crippen molar-refractivity contribution in [2.24, 2.45) is 11.7 Å². The van der Waals surface area contributed by atoms with Crippen molar-refractivity contribution in [2.75, 3.05) is 24.6 Å². The monoisotopic (exact) mass is 395 g/mol. The van der Waals surface area contributed by atoms with E-state index in [4.69, 9.17) is 20.2 Å². The van der Waals surface area contributed by atoms with Crippen LogP contribution in [0.3, 0.4) is 0 Å². The lowest BCUT2D eigenvalue weighted by molar-refractivity contribution is 0.00937. The second-order valence-electron chi connectivity index (χ2n) is 7.96. The number of hydrogen-bond donors (Lipinski definition) is 1. The highest BCUT2D eigenvalue weighted by Crippen LogP contribution is 2.38. The predicted molar refractivity (Wildman–Crippen MR) is 114 cm³/mol. The average molecular weight is 396 g/mol. The van der Waals surface area contributed by atoms with Crippen molar-refractivity contribution in [1.29, 1.82) is 0 Å². The molecule has 0 aliphatic carbocycles. The third-order valence-electron chi connectivity index (χ3n) is 6.13. The van der Waals surface area contributed by atoms with Gasteiger partial charge in [0.1, 0.15) is 6.61 Å². The van der Waals surface area contributed by atoms with Crippen LogP contribution < -0.4 is 20.1 Å². The molecule has 1 aromatic heterocycles. The van der Waals surface area contributed by atoms with Crippen molar-refractivity contribution >= 4 is 26.7 Å². The van der Waals surface area contributed by atoms with Gasteiger partial charge in [-0.2, -0.15) is 0 Å². The molecule has 146 valence electrons. The quantitative estimate of drug-likeness (QED) is 0.724. The first-order valence-electron chi connectivity index (χ1n) is 9.89. The molecular weight excluding hydrogens is 370 g/mol. The lowest BCUT2D eigenvalue weighted by atomic mass is 9.76. The summed E-state index contributed by atoms with van der Waals surface area (Å²) in [6, 6.07) is 16.2. The molecule has 5 nitrogen and oxygen atoms in total. The molecule has 0 bridgehead atoms. The minimum absolute atomic E-state index is 0.138. The van der Waals surface area contributed by atoms with Gasteiger partial charge >= 0.3 is 0 Å². The molecular formula is C22H25N3O2S. The van der Waals surface area contributed by atoms with Crippen LogP contribution in [-0.4, -0.2) is 36.3 Å². The van der Waals surface area contributed by atoms with Crippen molar-refractivity contribution in [3.8, 4) is 11.5 Å². The molecule has 0 radical (unpaired) electrons. The van der Waals surface area contributed by atoms with Crippen LogP contribution in [0.2, 0.25) is 0 Å². The van der Waals surface area contributed by atoms with Gasteiger partial charge in [0.15, 0.2) is 22.7 Å². The molecule has 2 aromatic carbocycles. The number of aromatic nitrogens is 1. The van der Waals surface area contributed by atoms with E-state index < -0.39 is 5.54 Å². The summed E-state index contributed by atoms with van der Waals surface area (Å²) in [5, 5.41) is 1.12. The summed E-state index contributed by atoms with van der Waals surface area (Å²) in [5.41, 5.74) is 7.48.